The van der Waals surface area contributed by atoms with Crippen LogP contribution in [-0.4, -0.2) is 31.2 Å². The van der Waals surface area contributed by atoms with Crippen molar-refractivity contribution in [2.75, 3.05) is 18.5 Å². The van der Waals surface area contributed by atoms with E-state index in [1.807, 2.05) is 13.8 Å². The van der Waals surface area contributed by atoms with Crippen LogP contribution in [0.1, 0.15) is 44.2 Å². The molecule has 0 aromatic heterocycles. The lowest BCUT2D eigenvalue weighted by atomic mass is 10.2. The molecule has 34 heavy (non-hydrogen) atoms. The van der Waals surface area contributed by atoms with E-state index in [2.05, 4.69) is 31.8 Å². The SMILES string of the molecule is CCCOc1c(Br)cc(C=NNC(=O)CCC(=O)Nc2cccc(C(F)(F)F)c2)cc1OCC. The zero-order valence-electron chi connectivity index (χ0n) is 18.7. The molecule has 0 unspecified atom stereocenters. The third kappa shape index (κ3) is 8.69. The maximum absolute atomic E-state index is 12.8. The van der Waals surface area contributed by atoms with Gasteiger partial charge in [0, 0.05) is 18.5 Å². The molecule has 0 spiro atoms. The number of halogens is 4. The second kappa shape index (κ2) is 13.0. The van der Waals surface area contributed by atoms with E-state index in [1.54, 1.807) is 12.1 Å². The minimum atomic E-state index is -4.51. The minimum Gasteiger partial charge on any atom is -0.490 e. The normalized spacial score (nSPS) is 11.4. The van der Waals surface area contributed by atoms with E-state index in [1.165, 1.54) is 18.3 Å². The smallest absolute Gasteiger partial charge is 0.416 e. The number of carbonyl (C=O) groups excluding carboxylic acids is 2. The largest absolute Gasteiger partial charge is 0.490 e. The molecule has 0 aliphatic rings. The highest BCUT2D eigenvalue weighted by Crippen LogP contribution is 2.36. The van der Waals surface area contributed by atoms with Crippen LogP contribution in [0.3, 0.4) is 0 Å². The van der Waals surface area contributed by atoms with E-state index in [4.69, 9.17) is 9.47 Å². The highest BCUT2D eigenvalue weighted by atomic mass is 79.9. The number of ether oxygens (including phenoxy) is 2. The van der Waals surface area contributed by atoms with Gasteiger partial charge < -0.3 is 14.8 Å². The van der Waals surface area contributed by atoms with Crippen molar-refractivity contribution in [3.63, 3.8) is 0 Å². The molecule has 2 aromatic rings. The number of anilines is 1. The van der Waals surface area contributed by atoms with Crippen molar-refractivity contribution in [1.82, 2.24) is 5.43 Å². The van der Waals surface area contributed by atoms with Crippen LogP contribution in [0.25, 0.3) is 0 Å². The number of alkyl halides is 3. The summed E-state index contributed by atoms with van der Waals surface area (Å²) >= 11 is 3.44. The van der Waals surface area contributed by atoms with Gasteiger partial charge in [0.1, 0.15) is 0 Å². The standard InChI is InChI=1S/C23H25BrF3N3O4/c1-3-10-34-22-18(24)11-15(12-19(22)33-4-2)14-28-30-21(32)9-8-20(31)29-17-7-5-6-16(13-17)23(25,26)27/h5-7,11-14H,3-4,8-10H2,1-2H3,(H,29,31)(H,30,32). The Bertz CT molecular complexity index is 1030. The summed E-state index contributed by atoms with van der Waals surface area (Å²) in [5, 5.41) is 6.23. The lowest BCUT2D eigenvalue weighted by molar-refractivity contribution is -0.137. The Labute approximate surface area is 203 Å². The fourth-order valence-electron chi connectivity index (χ4n) is 2.73. The third-order valence-corrected chi connectivity index (χ3v) is 4.83. The van der Waals surface area contributed by atoms with Gasteiger partial charge in [-0.05, 0) is 65.2 Å². The minimum absolute atomic E-state index is 0.000275. The number of hydrogen-bond acceptors (Lipinski definition) is 5. The topological polar surface area (TPSA) is 89.0 Å². The Morgan fingerprint density at radius 1 is 1.09 bits per heavy atom. The van der Waals surface area contributed by atoms with Crippen LogP contribution in [0, 0.1) is 0 Å². The molecule has 0 atom stereocenters. The monoisotopic (exact) mass is 543 g/mol. The Morgan fingerprint density at radius 3 is 2.50 bits per heavy atom. The van der Waals surface area contributed by atoms with Crippen LogP contribution in [0.4, 0.5) is 18.9 Å². The Kier molecular flexibility index (Phi) is 10.4. The van der Waals surface area contributed by atoms with Crippen molar-refractivity contribution < 1.29 is 32.2 Å². The average Bonchev–Trinajstić information content (AvgIpc) is 2.77. The molecule has 0 radical (unpaired) electrons. The average molecular weight is 544 g/mol. The molecular weight excluding hydrogens is 519 g/mol. The number of hydrogen-bond donors (Lipinski definition) is 2. The number of benzene rings is 2. The van der Waals surface area contributed by atoms with Crippen LogP contribution in [0.15, 0.2) is 46.0 Å². The molecule has 184 valence electrons. The Balaban J connectivity index is 1.89. The van der Waals surface area contributed by atoms with Gasteiger partial charge in [0.05, 0.1) is 29.5 Å². The zero-order valence-corrected chi connectivity index (χ0v) is 20.3. The van der Waals surface area contributed by atoms with Gasteiger partial charge in [-0.3, -0.25) is 9.59 Å². The molecule has 0 saturated heterocycles. The maximum atomic E-state index is 12.8. The lowest BCUT2D eigenvalue weighted by Crippen LogP contribution is -2.20. The van der Waals surface area contributed by atoms with Crippen LogP contribution >= 0.6 is 15.9 Å². The summed E-state index contributed by atoms with van der Waals surface area (Å²) < 4.78 is 50.3. The summed E-state index contributed by atoms with van der Waals surface area (Å²) in [7, 11) is 0. The first-order valence-corrected chi connectivity index (χ1v) is 11.3. The Morgan fingerprint density at radius 2 is 1.82 bits per heavy atom. The van der Waals surface area contributed by atoms with Crippen LogP contribution in [0.5, 0.6) is 11.5 Å². The number of carbonyl (C=O) groups is 2. The van der Waals surface area contributed by atoms with Crippen molar-refractivity contribution in [2.45, 2.75) is 39.3 Å². The highest BCUT2D eigenvalue weighted by Gasteiger charge is 2.30. The van der Waals surface area contributed by atoms with E-state index in [0.717, 1.165) is 18.6 Å². The molecule has 2 aromatic carbocycles. The molecule has 0 aliphatic carbocycles. The van der Waals surface area contributed by atoms with Gasteiger partial charge >= 0.3 is 6.18 Å². The van der Waals surface area contributed by atoms with E-state index < -0.39 is 23.6 Å². The summed E-state index contributed by atoms with van der Waals surface area (Å²) in [6.45, 7) is 4.81. The van der Waals surface area contributed by atoms with Crippen LogP contribution < -0.4 is 20.2 Å². The first-order valence-electron chi connectivity index (χ1n) is 10.5. The molecule has 0 fully saturated rings. The van der Waals surface area contributed by atoms with E-state index in [-0.39, 0.29) is 18.5 Å². The van der Waals surface area contributed by atoms with Crippen molar-refractivity contribution in [1.29, 1.82) is 0 Å². The second-order valence-corrected chi connectivity index (χ2v) is 7.89. The summed E-state index contributed by atoms with van der Waals surface area (Å²) in [6.07, 6.45) is -2.68. The summed E-state index contributed by atoms with van der Waals surface area (Å²) in [6, 6.07) is 7.74. The molecule has 2 N–H and O–H groups in total. The van der Waals surface area contributed by atoms with Crippen molar-refractivity contribution in [2.24, 2.45) is 5.10 Å². The lowest BCUT2D eigenvalue weighted by Gasteiger charge is -2.14. The molecular formula is C23H25BrF3N3O4. The first-order chi connectivity index (χ1) is 16.1. The van der Waals surface area contributed by atoms with E-state index in [0.29, 0.717) is 34.7 Å². The number of amides is 2. The number of nitrogens with zero attached hydrogens (tertiary/aromatic N) is 1. The molecule has 2 amide bonds. The Hall–Kier alpha value is -3.08. The van der Waals surface area contributed by atoms with Gasteiger partial charge in [0.2, 0.25) is 11.8 Å². The van der Waals surface area contributed by atoms with Gasteiger partial charge in [0.25, 0.3) is 0 Å². The van der Waals surface area contributed by atoms with Crippen molar-refractivity contribution >= 4 is 39.6 Å². The van der Waals surface area contributed by atoms with Crippen LogP contribution in [0.2, 0.25) is 0 Å². The fourth-order valence-corrected chi connectivity index (χ4v) is 3.30. The molecule has 2 rings (SSSR count). The number of rotatable bonds is 11. The predicted octanol–water partition coefficient (Wildman–Crippen LogP) is 5.52. The van der Waals surface area contributed by atoms with E-state index in [9.17, 15) is 22.8 Å². The quantitative estimate of drug-likeness (QED) is 0.288. The van der Waals surface area contributed by atoms with Gasteiger partial charge in [0.15, 0.2) is 11.5 Å². The summed E-state index contributed by atoms with van der Waals surface area (Å²) in [5.74, 6) is -0.00474. The molecule has 11 heteroatoms. The van der Waals surface area contributed by atoms with Crippen LogP contribution in [-0.2, 0) is 15.8 Å². The zero-order chi connectivity index (χ0) is 25.1. The summed E-state index contributed by atoms with van der Waals surface area (Å²) in [4.78, 5) is 24.0. The molecule has 0 saturated carbocycles. The van der Waals surface area contributed by atoms with Crippen molar-refractivity contribution in [3.05, 3.63) is 52.0 Å². The number of hydrazone groups is 1. The highest BCUT2D eigenvalue weighted by molar-refractivity contribution is 9.10. The van der Waals surface area contributed by atoms with E-state index >= 15 is 0 Å². The third-order valence-electron chi connectivity index (χ3n) is 4.24. The predicted molar refractivity (Wildman–Crippen MR) is 126 cm³/mol. The second-order valence-electron chi connectivity index (χ2n) is 7.03. The van der Waals surface area contributed by atoms with Gasteiger partial charge in [-0.25, -0.2) is 5.43 Å². The molecule has 0 heterocycles. The van der Waals surface area contributed by atoms with Gasteiger partial charge in [-0.2, -0.15) is 18.3 Å². The molecule has 0 aliphatic heterocycles. The number of nitrogens with one attached hydrogen (secondary N) is 2. The molecule has 0 bridgehead atoms. The van der Waals surface area contributed by atoms with Gasteiger partial charge in [-0.15, -0.1) is 0 Å². The molecule has 7 nitrogen and oxygen atoms in total. The van der Waals surface area contributed by atoms with Gasteiger partial charge in [-0.1, -0.05) is 13.0 Å². The fraction of sp³-hybridized carbons (Fsp3) is 0.348. The van der Waals surface area contributed by atoms with Crippen molar-refractivity contribution in [3.8, 4) is 11.5 Å². The first kappa shape index (κ1) is 27.2. The summed E-state index contributed by atoms with van der Waals surface area (Å²) in [5.41, 5.74) is 2.08. The maximum Gasteiger partial charge on any atom is 0.416 e.